The van der Waals surface area contributed by atoms with Crippen LogP contribution in [-0.2, 0) is 11.2 Å². The summed E-state index contributed by atoms with van der Waals surface area (Å²) in [4.78, 5) is 24.3. The smallest absolute Gasteiger partial charge is 0.350 e. The van der Waals surface area contributed by atoms with Gasteiger partial charge in [0.2, 0.25) is 5.91 Å². The van der Waals surface area contributed by atoms with E-state index in [-0.39, 0.29) is 46.8 Å². The van der Waals surface area contributed by atoms with E-state index in [1.54, 1.807) is 0 Å². The first-order chi connectivity index (χ1) is 14.7. The monoisotopic (exact) mass is 471 g/mol. The lowest BCUT2D eigenvalue weighted by atomic mass is 10.0. The summed E-state index contributed by atoms with van der Waals surface area (Å²) in [5.41, 5.74) is -3.23. The molecule has 0 saturated carbocycles. The second kappa shape index (κ2) is 10.4. The molecular formula is C21H21ClF3N3O2S. The number of halogens is 4. The summed E-state index contributed by atoms with van der Waals surface area (Å²) < 4.78 is 37.5. The first-order valence-corrected chi connectivity index (χ1v) is 10.8. The van der Waals surface area contributed by atoms with Crippen molar-refractivity contribution in [1.82, 2.24) is 16.0 Å². The Kier molecular flexibility index (Phi) is 7.85. The Morgan fingerprint density at radius 2 is 1.90 bits per heavy atom. The number of carbonyl (C=O) groups is 2. The molecule has 1 fully saturated rings. The van der Waals surface area contributed by atoms with Crippen molar-refractivity contribution in [3.63, 3.8) is 0 Å². The molecule has 2 aromatic carbocycles. The van der Waals surface area contributed by atoms with E-state index in [1.165, 1.54) is 18.2 Å². The van der Waals surface area contributed by atoms with Gasteiger partial charge in [-0.25, -0.2) is 0 Å². The molecular weight excluding hydrogens is 451 g/mol. The molecule has 1 aliphatic heterocycles. The van der Waals surface area contributed by atoms with Crippen LogP contribution in [-0.4, -0.2) is 42.5 Å². The van der Waals surface area contributed by atoms with Crippen LogP contribution in [0.15, 0.2) is 53.4 Å². The maximum Gasteiger partial charge on any atom is 0.446 e. The van der Waals surface area contributed by atoms with Crippen molar-refractivity contribution in [2.45, 2.75) is 35.3 Å². The molecule has 1 saturated heterocycles. The zero-order valence-electron chi connectivity index (χ0n) is 16.3. The average molecular weight is 472 g/mol. The van der Waals surface area contributed by atoms with Gasteiger partial charge in [0, 0.05) is 34.1 Å². The quantitative estimate of drug-likeness (QED) is 0.538. The van der Waals surface area contributed by atoms with Crippen LogP contribution in [0.5, 0.6) is 0 Å². The van der Waals surface area contributed by atoms with E-state index < -0.39 is 11.4 Å². The summed E-state index contributed by atoms with van der Waals surface area (Å²) in [6.07, 6.45) is 1.56. The SMILES string of the molecule is O=C(CNC(=O)c1cccc(SC(F)(F)F)c1)NC1CNC(Cc2ccc(Cl)cc2)C1. The minimum absolute atomic E-state index is 0.0618. The Morgan fingerprint density at radius 3 is 2.61 bits per heavy atom. The summed E-state index contributed by atoms with van der Waals surface area (Å²) in [5.74, 6) is -0.960. The zero-order chi connectivity index (χ0) is 22.4. The van der Waals surface area contributed by atoms with Gasteiger partial charge in [-0.2, -0.15) is 13.2 Å². The Bertz CT molecular complexity index is 925. The molecule has 31 heavy (non-hydrogen) atoms. The second-order valence-electron chi connectivity index (χ2n) is 7.19. The van der Waals surface area contributed by atoms with Crippen LogP contribution in [0.1, 0.15) is 22.3 Å². The van der Waals surface area contributed by atoms with Gasteiger partial charge in [-0.05, 0) is 60.5 Å². The summed E-state index contributed by atoms with van der Waals surface area (Å²) >= 11 is 5.60. The third kappa shape index (κ3) is 7.75. The molecule has 1 heterocycles. The van der Waals surface area contributed by atoms with Gasteiger partial charge in [0.05, 0.1) is 6.54 Å². The number of hydrogen-bond acceptors (Lipinski definition) is 4. The zero-order valence-corrected chi connectivity index (χ0v) is 17.9. The Hall–Kier alpha value is -2.23. The highest BCUT2D eigenvalue weighted by atomic mass is 35.5. The predicted molar refractivity (Wildman–Crippen MR) is 114 cm³/mol. The van der Waals surface area contributed by atoms with Crippen LogP contribution < -0.4 is 16.0 Å². The highest BCUT2D eigenvalue weighted by molar-refractivity contribution is 8.00. The molecule has 0 spiro atoms. The van der Waals surface area contributed by atoms with Crippen LogP contribution in [0.2, 0.25) is 5.02 Å². The molecule has 0 aliphatic carbocycles. The Labute approximate surface area is 187 Å². The van der Waals surface area contributed by atoms with Crippen molar-refractivity contribution in [1.29, 1.82) is 0 Å². The molecule has 3 rings (SSSR count). The maximum atomic E-state index is 12.5. The van der Waals surface area contributed by atoms with Crippen molar-refractivity contribution in [2.24, 2.45) is 0 Å². The van der Waals surface area contributed by atoms with E-state index in [0.29, 0.717) is 11.6 Å². The standard InChI is InChI=1S/C21H21ClF3N3O2S/c22-15-6-4-13(5-7-15)8-16-10-17(11-26-16)28-19(29)12-27-20(30)14-2-1-3-18(9-14)31-21(23,24)25/h1-7,9,16-17,26H,8,10-12H2,(H,27,30)(H,28,29). The van der Waals surface area contributed by atoms with E-state index in [9.17, 15) is 22.8 Å². The average Bonchev–Trinajstić information content (AvgIpc) is 3.13. The number of hydrogen-bond donors (Lipinski definition) is 3. The number of carbonyl (C=O) groups excluding carboxylic acids is 2. The fraction of sp³-hybridized carbons (Fsp3) is 0.333. The molecule has 0 aromatic heterocycles. The first kappa shape index (κ1) is 23.4. The molecule has 0 radical (unpaired) electrons. The maximum absolute atomic E-state index is 12.5. The van der Waals surface area contributed by atoms with Crippen LogP contribution in [0.3, 0.4) is 0 Å². The Balaban J connectivity index is 1.42. The van der Waals surface area contributed by atoms with Gasteiger partial charge < -0.3 is 16.0 Å². The first-order valence-electron chi connectivity index (χ1n) is 9.59. The second-order valence-corrected chi connectivity index (χ2v) is 8.77. The predicted octanol–water partition coefficient (Wildman–Crippen LogP) is 3.77. The lowest BCUT2D eigenvalue weighted by molar-refractivity contribution is -0.120. The van der Waals surface area contributed by atoms with Crippen molar-refractivity contribution in [3.8, 4) is 0 Å². The molecule has 1 aliphatic rings. The third-order valence-electron chi connectivity index (χ3n) is 4.72. The van der Waals surface area contributed by atoms with E-state index in [1.807, 2.05) is 24.3 Å². The summed E-state index contributed by atoms with van der Waals surface area (Å²) in [7, 11) is 0. The number of benzene rings is 2. The van der Waals surface area contributed by atoms with Crippen LogP contribution >= 0.6 is 23.4 Å². The van der Waals surface area contributed by atoms with Crippen LogP contribution in [0, 0.1) is 0 Å². The number of alkyl halides is 3. The normalized spacial score (nSPS) is 18.6. The molecule has 166 valence electrons. The fourth-order valence-corrected chi connectivity index (χ4v) is 4.09. The summed E-state index contributed by atoms with van der Waals surface area (Å²) in [6, 6.07) is 13.0. The number of nitrogens with one attached hydrogen (secondary N) is 3. The van der Waals surface area contributed by atoms with Gasteiger partial charge in [0.1, 0.15) is 0 Å². The van der Waals surface area contributed by atoms with Crippen molar-refractivity contribution in [2.75, 3.05) is 13.1 Å². The molecule has 3 N–H and O–H groups in total. The number of amides is 2. The van der Waals surface area contributed by atoms with E-state index in [4.69, 9.17) is 11.6 Å². The minimum Gasteiger partial charge on any atom is -0.350 e. The molecule has 2 amide bonds. The van der Waals surface area contributed by atoms with E-state index in [2.05, 4.69) is 16.0 Å². The van der Waals surface area contributed by atoms with E-state index >= 15 is 0 Å². The molecule has 2 atom stereocenters. The number of thioether (sulfide) groups is 1. The summed E-state index contributed by atoms with van der Waals surface area (Å²) in [5, 5.41) is 9.35. The largest absolute Gasteiger partial charge is 0.446 e. The highest BCUT2D eigenvalue weighted by Gasteiger charge is 2.29. The Morgan fingerprint density at radius 1 is 1.16 bits per heavy atom. The van der Waals surface area contributed by atoms with Crippen molar-refractivity contribution < 1.29 is 22.8 Å². The molecule has 10 heteroatoms. The van der Waals surface area contributed by atoms with Gasteiger partial charge in [-0.3, -0.25) is 9.59 Å². The molecule has 0 bridgehead atoms. The molecule has 2 unspecified atom stereocenters. The molecule has 5 nitrogen and oxygen atoms in total. The highest BCUT2D eigenvalue weighted by Crippen LogP contribution is 2.36. The third-order valence-corrected chi connectivity index (χ3v) is 5.69. The van der Waals surface area contributed by atoms with Gasteiger partial charge in [0.25, 0.3) is 5.91 Å². The lowest BCUT2D eigenvalue weighted by Gasteiger charge is -2.13. The van der Waals surface area contributed by atoms with Crippen molar-refractivity contribution in [3.05, 3.63) is 64.7 Å². The topological polar surface area (TPSA) is 70.2 Å². The number of rotatable bonds is 7. The van der Waals surface area contributed by atoms with Gasteiger partial charge in [-0.15, -0.1) is 0 Å². The van der Waals surface area contributed by atoms with E-state index in [0.717, 1.165) is 24.5 Å². The van der Waals surface area contributed by atoms with Gasteiger partial charge in [-0.1, -0.05) is 29.8 Å². The summed E-state index contributed by atoms with van der Waals surface area (Å²) in [6.45, 7) is 0.364. The van der Waals surface area contributed by atoms with Crippen LogP contribution in [0.4, 0.5) is 13.2 Å². The molecule has 2 aromatic rings. The minimum atomic E-state index is -4.43. The lowest BCUT2D eigenvalue weighted by Crippen LogP contribution is -2.42. The van der Waals surface area contributed by atoms with Crippen molar-refractivity contribution >= 4 is 35.2 Å². The van der Waals surface area contributed by atoms with Gasteiger partial charge in [0.15, 0.2) is 0 Å². The van der Waals surface area contributed by atoms with Crippen LogP contribution in [0.25, 0.3) is 0 Å². The fourth-order valence-electron chi connectivity index (χ4n) is 3.37. The van der Waals surface area contributed by atoms with Gasteiger partial charge >= 0.3 is 5.51 Å².